The van der Waals surface area contributed by atoms with Crippen LogP contribution in [-0.4, -0.2) is 50.9 Å². The van der Waals surface area contributed by atoms with Gasteiger partial charge in [-0.25, -0.2) is 9.97 Å². The van der Waals surface area contributed by atoms with Crippen LogP contribution in [0.25, 0.3) is 16.6 Å². The highest BCUT2D eigenvalue weighted by Crippen LogP contribution is 2.50. The van der Waals surface area contributed by atoms with Crippen molar-refractivity contribution in [3.8, 4) is 5.69 Å². The number of aliphatic carboxylic acids is 1. The molecule has 3 heterocycles. The molecule has 1 unspecified atom stereocenters. The summed E-state index contributed by atoms with van der Waals surface area (Å²) in [7, 11) is 0. The first kappa shape index (κ1) is 19.6. The van der Waals surface area contributed by atoms with E-state index in [0.717, 1.165) is 29.7 Å². The molecule has 5 rings (SSSR count). The number of pyridine rings is 1. The van der Waals surface area contributed by atoms with Gasteiger partial charge >= 0.3 is 5.97 Å². The summed E-state index contributed by atoms with van der Waals surface area (Å²) in [5, 5.41) is 10.6. The van der Waals surface area contributed by atoms with E-state index in [-0.39, 0.29) is 19.1 Å². The lowest BCUT2D eigenvalue weighted by molar-refractivity contribution is -0.138. The Bertz CT molecular complexity index is 1110. The fraction of sp³-hybridized carbons (Fsp3) is 0.381. The standard InChI is InChI=1S/C21H20Cl2N4O3/c22-15-2-1-14-17(26-5-4-24-11-26)9-18(25-21(14)20(15)23)27-13(7-12-8-16(12)27)10-30-6-3-19(28)29/h1-2,4-5,9,11-13,16H,3,6-8,10H2,(H,28,29)/t12?,13-,16-/m0/s1. The number of hydrogen-bond donors (Lipinski definition) is 1. The molecule has 2 fully saturated rings. The second kappa shape index (κ2) is 7.72. The molecule has 2 aliphatic rings. The van der Waals surface area contributed by atoms with Crippen LogP contribution in [0.15, 0.2) is 36.9 Å². The molecule has 0 amide bonds. The molecule has 2 aromatic heterocycles. The normalized spacial score (nSPS) is 22.5. The largest absolute Gasteiger partial charge is 0.481 e. The average Bonchev–Trinajstić information content (AvgIpc) is 3.14. The number of carboxylic acids is 1. The number of fused-ring (bicyclic) bond motifs is 2. The van der Waals surface area contributed by atoms with Crippen LogP contribution in [0, 0.1) is 5.92 Å². The lowest BCUT2D eigenvalue weighted by atomic mass is 10.1. The Hall–Kier alpha value is -2.35. The number of hydrogen-bond acceptors (Lipinski definition) is 5. The van der Waals surface area contributed by atoms with Crippen molar-refractivity contribution in [2.75, 3.05) is 18.1 Å². The van der Waals surface area contributed by atoms with Crippen LogP contribution >= 0.6 is 23.2 Å². The molecule has 1 saturated carbocycles. The van der Waals surface area contributed by atoms with E-state index in [1.165, 1.54) is 0 Å². The SMILES string of the molecule is O=C(O)CCOC[C@@H]1CC2C[C@@H]2N1c1cc(-n2ccnc2)c2ccc(Cl)c(Cl)c2n1. The molecule has 7 nitrogen and oxygen atoms in total. The van der Waals surface area contributed by atoms with Crippen LogP contribution in [0.5, 0.6) is 0 Å². The number of halogens is 2. The Balaban J connectivity index is 1.53. The molecule has 1 aliphatic heterocycles. The van der Waals surface area contributed by atoms with Crippen LogP contribution in [0.3, 0.4) is 0 Å². The summed E-state index contributed by atoms with van der Waals surface area (Å²) in [4.78, 5) is 22.1. The van der Waals surface area contributed by atoms with E-state index >= 15 is 0 Å². The molecule has 3 atom stereocenters. The minimum absolute atomic E-state index is 0.00663. The fourth-order valence-electron chi connectivity index (χ4n) is 4.39. The Morgan fingerprint density at radius 1 is 1.30 bits per heavy atom. The van der Waals surface area contributed by atoms with Crippen molar-refractivity contribution < 1.29 is 14.6 Å². The molecule has 1 aromatic carbocycles. The van der Waals surface area contributed by atoms with Gasteiger partial charge in [-0.2, -0.15) is 0 Å². The number of carbonyl (C=O) groups is 1. The van der Waals surface area contributed by atoms with Gasteiger partial charge in [0.1, 0.15) is 5.82 Å². The summed E-state index contributed by atoms with van der Waals surface area (Å²) in [6, 6.07) is 6.34. The zero-order valence-electron chi connectivity index (χ0n) is 16.0. The quantitative estimate of drug-likeness (QED) is 0.548. The zero-order chi connectivity index (χ0) is 20.8. The van der Waals surface area contributed by atoms with Crippen LogP contribution in [-0.2, 0) is 9.53 Å². The van der Waals surface area contributed by atoms with Crippen molar-refractivity contribution in [1.82, 2.24) is 14.5 Å². The number of anilines is 1. The highest BCUT2D eigenvalue weighted by atomic mass is 35.5. The molecule has 156 valence electrons. The van der Waals surface area contributed by atoms with Crippen molar-refractivity contribution in [3.63, 3.8) is 0 Å². The lowest BCUT2D eigenvalue weighted by Gasteiger charge is -2.29. The summed E-state index contributed by atoms with van der Waals surface area (Å²) in [5.41, 5.74) is 1.58. The van der Waals surface area contributed by atoms with Crippen molar-refractivity contribution in [2.24, 2.45) is 5.92 Å². The number of ether oxygens (including phenoxy) is 1. The number of benzene rings is 1. The number of nitrogens with zero attached hydrogens (tertiary/aromatic N) is 4. The summed E-state index contributed by atoms with van der Waals surface area (Å²) in [6.07, 6.45) is 7.52. The number of aromatic nitrogens is 3. The maximum Gasteiger partial charge on any atom is 0.305 e. The van der Waals surface area contributed by atoms with E-state index in [9.17, 15) is 4.79 Å². The van der Waals surface area contributed by atoms with Crippen LogP contribution in [0.2, 0.25) is 10.0 Å². The van der Waals surface area contributed by atoms with Gasteiger partial charge in [-0.15, -0.1) is 0 Å². The molecular weight excluding hydrogens is 427 g/mol. The van der Waals surface area contributed by atoms with Gasteiger partial charge in [-0.05, 0) is 30.9 Å². The molecule has 1 N–H and O–H groups in total. The number of imidazole rings is 1. The number of piperidine rings is 1. The molecule has 9 heteroatoms. The van der Waals surface area contributed by atoms with Gasteiger partial charge in [0.2, 0.25) is 0 Å². The molecule has 30 heavy (non-hydrogen) atoms. The third-order valence-corrected chi connectivity index (χ3v) is 6.66. The third kappa shape index (κ3) is 3.51. The molecule has 3 aromatic rings. The van der Waals surface area contributed by atoms with Gasteiger partial charge in [-0.3, -0.25) is 4.79 Å². The van der Waals surface area contributed by atoms with Gasteiger partial charge in [-0.1, -0.05) is 23.2 Å². The predicted molar refractivity (Wildman–Crippen MR) is 115 cm³/mol. The number of rotatable bonds is 7. The molecule has 0 spiro atoms. The van der Waals surface area contributed by atoms with Gasteiger partial charge < -0.3 is 19.3 Å². The Morgan fingerprint density at radius 3 is 2.93 bits per heavy atom. The monoisotopic (exact) mass is 446 g/mol. The Kier molecular flexibility index (Phi) is 5.05. The fourth-order valence-corrected chi connectivity index (χ4v) is 4.75. The Morgan fingerprint density at radius 2 is 2.17 bits per heavy atom. The van der Waals surface area contributed by atoms with Crippen LogP contribution in [0.1, 0.15) is 19.3 Å². The van der Waals surface area contributed by atoms with E-state index in [2.05, 4.69) is 16.0 Å². The summed E-state index contributed by atoms with van der Waals surface area (Å²) in [5.74, 6) is 0.600. The highest BCUT2D eigenvalue weighted by Gasteiger charge is 2.52. The predicted octanol–water partition coefficient (Wildman–Crippen LogP) is 4.19. The minimum Gasteiger partial charge on any atom is -0.481 e. The lowest BCUT2D eigenvalue weighted by Crippen LogP contribution is -2.37. The highest BCUT2D eigenvalue weighted by molar-refractivity contribution is 6.45. The van der Waals surface area contributed by atoms with Gasteiger partial charge in [0.25, 0.3) is 0 Å². The first-order valence-electron chi connectivity index (χ1n) is 9.88. The summed E-state index contributed by atoms with van der Waals surface area (Å²) < 4.78 is 7.61. The van der Waals surface area contributed by atoms with Crippen LogP contribution < -0.4 is 4.90 Å². The molecular formula is C21H20Cl2N4O3. The second-order valence-corrected chi connectivity index (χ2v) is 8.59. The van der Waals surface area contributed by atoms with E-state index in [0.29, 0.717) is 34.1 Å². The van der Waals surface area contributed by atoms with Crippen molar-refractivity contribution >= 4 is 45.9 Å². The van der Waals surface area contributed by atoms with Crippen LogP contribution in [0.4, 0.5) is 5.82 Å². The Labute approximate surface area is 183 Å². The van der Waals surface area contributed by atoms with E-state index in [1.54, 1.807) is 18.6 Å². The first-order valence-corrected chi connectivity index (χ1v) is 10.6. The van der Waals surface area contributed by atoms with Crippen molar-refractivity contribution in [1.29, 1.82) is 0 Å². The minimum atomic E-state index is -0.853. The van der Waals surface area contributed by atoms with Crippen molar-refractivity contribution in [3.05, 3.63) is 47.0 Å². The van der Waals surface area contributed by atoms with Gasteiger partial charge in [0.15, 0.2) is 0 Å². The molecule has 0 bridgehead atoms. The third-order valence-electron chi connectivity index (χ3n) is 5.87. The topological polar surface area (TPSA) is 80.5 Å². The van der Waals surface area contributed by atoms with E-state index in [4.69, 9.17) is 38.0 Å². The second-order valence-electron chi connectivity index (χ2n) is 7.81. The maximum absolute atomic E-state index is 10.7. The zero-order valence-corrected chi connectivity index (χ0v) is 17.6. The van der Waals surface area contributed by atoms with Gasteiger partial charge in [0.05, 0.1) is 53.3 Å². The first-order chi connectivity index (χ1) is 14.5. The number of carboxylic acid groups (broad SMARTS) is 1. The molecule has 1 saturated heterocycles. The van der Waals surface area contributed by atoms with Crippen molar-refractivity contribution in [2.45, 2.75) is 31.3 Å². The van der Waals surface area contributed by atoms with E-state index in [1.807, 2.05) is 16.8 Å². The maximum atomic E-state index is 10.7. The molecule has 0 radical (unpaired) electrons. The smallest absolute Gasteiger partial charge is 0.305 e. The summed E-state index contributed by atoms with van der Waals surface area (Å²) in [6.45, 7) is 0.686. The summed E-state index contributed by atoms with van der Waals surface area (Å²) >= 11 is 12.8. The van der Waals surface area contributed by atoms with E-state index < -0.39 is 5.97 Å². The average molecular weight is 447 g/mol. The molecule has 1 aliphatic carbocycles. The van der Waals surface area contributed by atoms with Gasteiger partial charge in [0, 0.05) is 29.9 Å².